The summed E-state index contributed by atoms with van der Waals surface area (Å²) in [5.41, 5.74) is 0. The van der Waals surface area contributed by atoms with Crippen molar-refractivity contribution < 1.29 is 19.4 Å². The van der Waals surface area contributed by atoms with Gasteiger partial charge < -0.3 is 14.6 Å². The molecule has 1 aliphatic carbocycles. The minimum absolute atomic E-state index is 0.103. The Kier molecular flexibility index (Phi) is 2.02. The van der Waals surface area contributed by atoms with Crippen molar-refractivity contribution in [3.8, 4) is 11.5 Å². The lowest BCUT2D eigenvalue weighted by Crippen LogP contribution is -2.32. The molecule has 1 fully saturated rings. The molecule has 16 heavy (non-hydrogen) atoms. The topological polar surface area (TPSA) is 55.8 Å². The zero-order chi connectivity index (χ0) is 11.1. The third-order valence-electron chi connectivity index (χ3n) is 3.17. The van der Waals surface area contributed by atoms with Gasteiger partial charge in [-0.05, 0) is 18.6 Å². The fraction of sp³-hybridized carbons (Fsp3) is 0.417. The van der Waals surface area contributed by atoms with E-state index < -0.39 is 5.97 Å². The van der Waals surface area contributed by atoms with Gasteiger partial charge in [0, 0.05) is 5.92 Å². The predicted molar refractivity (Wildman–Crippen MR) is 55.6 cm³/mol. The molecule has 0 bridgehead atoms. The fourth-order valence-electron chi connectivity index (χ4n) is 2.16. The van der Waals surface area contributed by atoms with E-state index in [0.717, 1.165) is 11.5 Å². The van der Waals surface area contributed by atoms with E-state index in [1.165, 1.54) is 0 Å². The van der Waals surface area contributed by atoms with Gasteiger partial charge in [0.15, 0.2) is 11.5 Å². The lowest BCUT2D eigenvalue weighted by Gasteiger charge is -2.26. The highest BCUT2D eigenvalue weighted by molar-refractivity contribution is 5.73. The highest BCUT2D eigenvalue weighted by atomic mass is 16.6. The molecule has 2 aliphatic rings. The number of hydrogen-bond acceptors (Lipinski definition) is 3. The SMILES string of the molecule is O=C(O)[C@@H]1C[C@H]1C1COc2ccccc2O1. The van der Waals surface area contributed by atoms with Gasteiger partial charge in [-0.2, -0.15) is 0 Å². The Bertz CT molecular complexity index is 429. The van der Waals surface area contributed by atoms with Crippen molar-refractivity contribution in [2.24, 2.45) is 11.8 Å². The number of carbonyl (C=O) groups is 1. The maximum Gasteiger partial charge on any atom is 0.306 e. The standard InChI is InChI=1S/C12H12O4/c13-12(14)8-5-7(8)11-6-15-9-3-1-2-4-10(9)16-11/h1-4,7-8,11H,5-6H2,(H,13,14)/t7-,8-,11?/m1/s1. The zero-order valence-corrected chi connectivity index (χ0v) is 8.63. The molecule has 1 N–H and O–H groups in total. The molecule has 84 valence electrons. The summed E-state index contributed by atoms with van der Waals surface area (Å²) in [6, 6.07) is 7.47. The van der Waals surface area contributed by atoms with Gasteiger partial charge in [-0.1, -0.05) is 12.1 Å². The van der Waals surface area contributed by atoms with E-state index >= 15 is 0 Å². The van der Waals surface area contributed by atoms with Crippen molar-refractivity contribution in [2.45, 2.75) is 12.5 Å². The Morgan fingerprint density at radius 1 is 1.31 bits per heavy atom. The second kappa shape index (κ2) is 3.40. The quantitative estimate of drug-likeness (QED) is 0.821. The van der Waals surface area contributed by atoms with Crippen LogP contribution < -0.4 is 9.47 Å². The summed E-state index contributed by atoms with van der Waals surface area (Å²) in [4.78, 5) is 10.8. The van der Waals surface area contributed by atoms with Crippen molar-refractivity contribution in [3.63, 3.8) is 0 Å². The van der Waals surface area contributed by atoms with Crippen molar-refractivity contribution in [2.75, 3.05) is 6.61 Å². The first-order valence-electron chi connectivity index (χ1n) is 5.37. The third kappa shape index (κ3) is 1.50. The lowest BCUT2D eigenvalue weighted by atomic mass is 10.2. The van der Waals surface area contributed by atoms with Crippen LogP contribution in [0.3, 0.4) is 0 Å². The summed E-state index contributed by atoms with van der Waals surface area (Å²) in [5.74, 6) is 0.582. The average molecular weight is 220 g/mol. The van der Waals surface area contributed by atoms with Crippen LogP contribution in [0.2, 0.25) is 0 Å². The highest BCUT2D eigenvalue weighted by Crippen LogP contribution is 2.45. The van der Waals surface area contributed by atoms with Crippen LogP contribution in [0.25, 0.3) is 0 Å². The van der Waals surface area contributed by atoms with Gasteiger partial charge in [0.25, 0.3) is 0 Å². The summed E-state index contributed by atoms with van der Waals surface area (Å²) in [7, 11) is 0. The summed E-state index contributed by atoms with van der Waals surface area (Å²) in [6.07, 6.45) is 0.585. The first kappa shape index (κ1) is 9.51. The van der Waals surface area contributed by atoms with Gasteiger partial charge in [0.2, 0.25) is 0 Å². The Balaban J connectivity index is 1.72. The normalized spacial score (nSPS) is 30.9. The molecule has 0 spiro atoms. The molecule has 3 atom stereocenters. The smallest absolute Gasteiger partial charge is 0.306 e. The molecule has 1 aromatic rings. The van der Waals surface area contributed by atoms with Gasteiger partial charge >= 0.3 is 5.97 Å². The maximum atomic E-state index is 10.8. The number of ether oxygens (including phenoxy) is 2. The van der Waals surface area contributed by atoms with Crippen LogP contribution in [0.1, 0.15) is 6.42 Å². The molecule has 1 aromatic carbocycles. The molecule has 0 saturated heterocycles. The van der Waals surface area contributed by atoms with E-state index in [1.807, 2.05) is 24.3 Å². The molecule has 4 heteroatoms. The van der Waals surface area contributed by atoms with Gasteiger partial charge in [-0.25, -0.2) is 0 Å². The van der Waals surface area contributed by atoms with Crippen LogP contribution in [0.15, 0.2) is 24.3 Å². The number of aliphatic carboxylic acids is 1. The van der Waals surface area contributed by atoms with Gasteiger partial charge in [0.1, 0.15) is 12.7 Å². The van der Waals surface area contributed by atoms with Crippen molar-refractivity contribution in [1.82, 2.24) is 0 Å². The number of hydrogen-bond donors (Lipinski definition) is 1. The third-order valence-corrected chi connectivity index (χ3v) is 3.17. The number of fused-ring (bicyclic) bond motifs is 1. The molecule has 0 radical (unpaired) electrons. The summed E-state index contributed by atoms with van der Waals surface area (Å²) < 4.78 is 11.3. The molecule has 1 aliphatic heterocycles. The predicted octanol–water partition coefficient (Wildman–Crippen LogP) is 1.55. The monoisotopic (exact) mass is 220 g/mol. The Morgan fingerprint density at radius 2 is 2.06 bits per heavy atom. The number of carboxylic acid groups (broad SMARTS) is 1. The van der Waals surface area contributed by atoms with E-state index in [0.29, 0.717) is 13.0 Å². The lowest BCUT2D eigenvalue weighted by molar-refractivity contribution is -0.139. The van der Waals surface area contributed by atoms with E-state index in [4.69, 9.17) is 14.6 Å². The minimum atomic E-state index is -0.729. The number of para-hydroxylation sites is 2. The fourth-order valence-corrected chi connectivity index (χ4v) is 2.16. The first-order valence-corrected chi connectivity index (χ1v) is 5.37. The van der Waals surface area contributed by atoms with Crippen LogP contribution >= 0.6 is 0 Å². The molecule has 0 aromatic heterocycles. The van der Waals surface area contributed by atoms with Crippen molar-refractivity contribution >= 4 is 5.97 Å². The molecule has 1 saturated carbocycles. The molecule has 1 heterocycles. The van der Waals surface area contributed by atoms with E-state index in [2.05, 4.69) is 0 Å². The summed E-state index contributed by atoms with van der Waals surface area (Å²) in [6.45, 7) is 0.450. The largest absolute Gasteiger partial charge is 0.486 e. The second-order valence-electron chi connectivity index (χ2n) is 4.26. The maximum absolute atomic E-state index is 10.8. The summed E-state index contributed by atoms with van der Waals surface area (Å²) >= 11 is 0. The number of carboxylic acids is 1. The second-order valence-corrected chi connectivity index (χ2v) is 4.26. The molecule has 0 amide bonds. The molecule has 1 unspecified atom stereocenters. The van der Waals surface area contributed by atoms with Crippen LogP contribution in [0, 0.1) is 11.8 Å². The van der Waals surface area contributed by atoms with Gasteiger partial charge in [0.05, 0.1) is 5.92 Å². The summed E-state index contributed by atoms with van der Waals surface area (Å²) in [5, 5.41) is 8.85. The van der Waals surface area contributed by atoms with Crippen LogP contribution in [-0.2, 0) is 4.79 Å². The Labute approximate surface area is 92.8 Å². The van der Waals surface area contributed by atoms with Crippen molar-refractivity contribution in [1.29, 1.82) is 0 Å². The van der Waals surface area contributed by atoms with E-state index in [1.54, 1.807) is 0 Å². The Morgan fingerprint density at radius 3 is 2.75 bits per heavy atom. The van der Waals surface area contributed by atoms with Crippen LogP contribution in [0.5, 0.6) is 11.5 Å². The molecular formula is C12H12O4. The molecule has 3 rings (SSSR count). The molecule has 4 nitrogen and oxygen atoms in total. The number of rotatable bonds is 2. The van der Waals surface area contributed by atoms with Crippen LogP contribution in [0.4, 0.5) is 0 Å². The van der Waals surface area contributed by atoms with Gasteiger partial charge in [-0.15, -0.1) is 0 Å². The van der Waals surface area contributed by atoms with Gasteiger partial charge in [-0.3, -0.25) is 4.79 Å². The minimum Gasteiger partial charge on any atom is -0.486 e. The number of benzene rings is 1. The average Bonchev–Trinajstić information content (AvgIpc) is 3.08. The highest BCUT2D eigenvalue weighted by Gasteiger charge is 2.50. The van der Waals surface area contributed by atoms with E-state index in [-0.39, 0.29) is 17.9 Å². The van der Waals surface area contributed by atoms with Crippen molar-refractivity contribution in [3.05, 3.63) is 24.3 Å². The Hall–Kier alpha value is -1.71. The zero-order valence-electron chi connectivity index (χ0n) is 8.63. The van der Waals surface area contributed by atoms with E-state index in [9.17, 15) is 4.79 Å². The molecular weight excluding hydrogens is 208 g/mol. The van der Waals surface area contributed by atoms with Crippen LogP contribution in [-0.4, -0.2) is 23.8 Å². The first-order chi connectivity index (χ1) is 7.75.